The van der Waals surface area contributed by atoms with Crippen LogP contribution in [-0.4, -0.2) is 16.9 Å². The molecule has 0 bridgehead atoms. The maximum absolute atomic E-state index is 11.4. The second kappa shape index (κ2) is 6.59. The molecule has 3 nitrogen and oxygen atoms in total. The summed E-state index contributed by atoms with van der Waals surface area (Å²) in [6.45, 7) is 7.56. The van der Waals surface area contributed by atoms with Gasteiger partial charge >= 0.3 is 0 Å². The van der Waals surface area contributed by atoms with Crippen molar-refractivity contribution in [2.75, 3.05) is 0 Å². The average Bonchev–Trinajstić information content (AvgIpc) is 2.01. The lowest BCUT2D eigenvalue weighted by Gasteiger charge is -2.27. The van der Waals surface area contributed by atoms with Gasteiger partial charge in [-0.05, 0) is 24.7 Å². The summed E-state index contributed by atoms with van der Waals surface area (Å²) in [5, 5.41) is 7.42. The fraction of sp³-hybridized carbons (Fsp3) is 0.833. The minimum atomic E-state index is -0.833. The molecule has 3 heteroatoms. The van der Waals surface area contributed by atoms with E-state index in [-0.39, 0.29) is 0 Å². The molecule has 0 spiro atoms. The summed E-state index contributed by atoms with van der Waals surface area (Å²) in [5.41, 5.74) is 0. The van der Waals surface area contributed by atoms with Crippen molar-refractivity contribution in [3.63, 3.8) is 0 Å². The third kappa shape index (κ3) is 6.26. The van der Waals surface area contributed by atoms with Crippen LogP contribution in [0.1, 0.15) is 47.0 Å². The number of carboxylic acids is 1. The average molecular weight is 214 g/mol. The third-order valence-electron chi connectivity index (χ3n) is 2.74. The minimum Gasteiger partial charge on any atom is -0.481 e. The summed E-state index contributed by atoms with van der Waals surface area (Å²) in [6.07, 6.45) is 3.19. The number of carbonyl (C=O) groups is 2. The lowest BCUT2D eigenvalue weighted by atomic mass is 9.77. The number of aliphatic carboxylic acids is 1. The standard InChI is InChI=1S/C10H18O.C2H4O2/c1-7(2)9-5-4-8(3)6-10(9)11;1-2(3)4/h7-9H,4-6H2,1-3H3;1H3,(H,3,4). The molecule has 0 aromatic rings. The molecule has 0 radical (unpaired) electrons. The second-order valence-corrected chi connectivity index (χ2v) is 4.72. The van der Waals surface area contributed by atoms with Gasteiger partial charge in [0.2, 0.25) is 0 Å². The van der Waals surface area contributed by atoms with Crippen LogP contribution in [0.4, 0.5) is 0 Å². The van der Waals surface area contributed by atoms with Crippen molar-refractivity contribution >= 4 is 11.8 Å². The summed E-state index contributed by atoms with van der Waals surface area (Å²) in [6, 6.07) is 0. The second-order valence-electron chi connectivity index (χ2n) is 4.72. The Labute approximate surface area is 91.9 Å². The van der Waals surface area contributed by atoms with E-state index in [1.54, 1.807) is 0 Å². The molecule has 1 N–H and O–H groups in total. The Morgan fingerprint density at radius 3 is 2.20 bits per heavy atom. The maximum Gasteiger partial charge on any atom is 0.300 e. The molecular formula is C12H22O3. The highest BCUT2D eigenvalue weighted by molar-refractivity contribution is 5.82. The molecule has 1 aliphatic rings. The highest BCUT2D eigenvalue weighted by atomic mass is 16.4. The molecule has 0 aromatic heterocycles. The van der Waals surface area contributed by atoms with E-state index >= 15 is 0 Å². The van der Waals surface area contributed by atoms with E-state index in [1.807, 2.05) is 0 Å². The fourth-order valence-corrected chi connectivity index (χ4v) is 1.93. The van der Waals surface area contributed by atoms with Gasteiger partial charge in [0.1, 0.15) is 5.78 Å². The van der Waals surface area contributed by atoms with Crippen molar-refractivity contribution in [1.82, 2.24) is 0 Å². The molecule has 0 saturated heterocycles. The minimum absolute atomic E-state index is 0.367. The highest BCUT2D eigenvalue weighted by Gasteiger charge is 2.27. The number of rotatable bonds is 1. The van der Waals surface area contributed by atoms with Crippen molar-refractivity contribution in [2.45, 2.75) is 47.0 Å². The Kier molecular flexibility index (Phi) is 6.21. The van der Waals surface area contributed by atoms with Gasteiger partial charge in [0.05, 0.1) is 0 Å². The normalized spacial score (nSPS) is 25.8. The smallest absolute Gasteiger partial charge is 0.300 e. The first kappa shape index (κ1) is 14.1. The molecule has 2 unspecified atom stereocenters. The van der Waals surface area contributed by atoms with Crippen LogP contribution in [0.2, 0.25) is 0 Å². The number of ketones is 1. The molecule has 88 valence electrons. The topological polar surface area (TPSA) is 54.4 Å². The van der Waals surface area contributed by atoms with E-state index in [4.69, 9.17) is 9.90 Å². The van der Waals surface area contributed by atoms with Crippen LogP contribution in [0.3, 0.4) is 0 Å². The van der Waals surface area contributed by atoms with E-state index in [0.29, 0.717) is 23.5 Å². The van der Waals surface area contributed by atoms with E-state index < -0.39 is 5.97 Å². The molecule has 0 heterocycles. The van der Waals surface area contributed by atoms with Crippen molar-refractivity contribution in [3.05, 3.63) is 0 Å². The van der Waals surface area contributed by atoms with Crippen molar-refractivity contribution < 1.29 is 14.7 Å². The van der Waals surface area contributed by atoms with Crippen LogP contribution >= 0.6 is 0 Å². The van der Waals surface area contributed by atoms with Crippen molar-refractivity contribution in [3.8, 4) is 0 Å². The third-order valence-corrected chi connectivity index (χ3v) is 2.74. The number of hydrogen-bond acceptors (Lipinski definition) is 2. The Hall–Kier alpha value is -0.860. The van der Waals surface area contributed by atoms with Gasteiger partial charge in [-0.25, -0.2) is 0 Å². The Bertz CT molecular complexity index is 217. The van der Waals surface area contributed by atoms with Crippen LogP contribution in [-0.2, 0) is 9.59 Å². The number of carbonyl (C=O) groups excluding carboxylic acids is 1. The van der Waals surface area contributed by atoms with Gasteiger partial charge in [-0.1, -0.05) is 20.8 Å². The molecule has 1 fully saturated rings. The molecule has 2 atom stereocenters. The lowest BCUT2D eigenvalue weighted by molar-refractivity contribution is -0.134. The zero-order valence-electron chi connectivity index (χ0n) is 10.1. The first-order valence-corrected chi connectivity index (χ1v) is 5.56. The SMILES string of the molecule is CC(=O)O.CC1CCC(C(C)C)C(=O)C1. The fourth-order valence-electron chi connectivity index (χ4n) is 1.93. The van der Waals surface area contributed by atoms with E-state index in [2.05, 4.69) is 20.8 Å². The van der Waals surface area contributed by atoms with Crippen LogP contribution in [0.15, 0.2) is 0 Å². The monoisotopic (exact) mass is 214 g/mol. The van der Waals surface area contributed by atoms with Crippen LogP contribution in [0.5, 0.6) is 0 Å². The first-order chi connectivity index (χ1) is 6.84. The van der Waals surface area contributed by atoms with Gasteiger partial charge in [-0.2, -0.15) is 0 Å². The predicted molar refractivity (Wildman–Crippen MR) is 59.7 cm³/mol. The maximum atomic E-state index is 11.4. The molecular weight excluding hydrogens is 192 g/mol. The molecule has 0 aliphatic heterocycles. The summed E-state index contributed by atoms with van der Waals surface area (Å²) in [4.78, 5) is 20.4. The number of hydrogen-bond donors (Lipinski definition) is 1. The van der Waals surface area contributed by atoms with Gasteiger partial charge in [0.15, 0.2) is 0 Å². The van der Waals surface area contributed by atoms with Gasteiger partial charge in [-0.15, -0.1) is 0 Å². The van der Waals surface area contributed by atoms with Crippen molar-refractivity contribution in [1.29, 1.82) is 0 Å². The molecule has 0 amide bonds. The summed E-state index contributed by atoms with van der Waals surface area (Å²) >= 11 is 0. The van der Waals surface area contributed by atoms with E-state index in [1.165, 1.54) is 6.42 Å². The highest BCUT2D eigenvalue weighted by Crippen LogP contribution is 2.29. The summed E-state index contributed by atoms with van der Waals surface area (Å²) < 4.78 is 0. The molecule has 1 aliphatic carbocycles. The van der Waals surface area contributed by atoms with Gasteiger partial charge in [-0.3, -0.25) is 9.59 Å². The zero-order chi connectivity index (χ0) is 12.0. The van der Waals surface area contributed by atoms with E-state index in [9.17, 15) is 4.79 Å². The van der Waals surface area contributed by atoms with Gasteiger partial charge < -0.3 is 5.11 Å². The van der Waals surface area contributed by atoms with Gasteiger partial charge in [0.25, 0.3) is 5.97 Å². The Balaban J connectivity index is 0.000000423. The van der Waals surface area contributed by atoms with Crippen molar-refractivity contribution in [2.24, 2.45) is 17.8 Å². The molecule has 1 rings (SSSR count). The van der Waals surface area contributed by atoms with Crippen LogP contribution < -0.4 is 0 Å². The van der Waals surface area contributed by atoms with Gasteiger partial charge in [0, 0.05) is 19.3 Å². The quantitative estimate of drug-likeness (QED) is 0.730. The first-order valence-electron chi connectivity index (χ1n) is 5.56. The van der Waals surface area contributed by atoms with Crippen LogP contribution in [0, 0.1) is 17.8 Å². The Morgan fingerprint density at radius 1 is 1.40 bits per heavy atom. The summed E-state index contributed by atoms with van der Waals surface area (Å²) in [7, 11) is 0. The molecule has 15 heavy (non-hydrogen) atoms. The molecule has 1 saturated carbocycles. The van der Waals surface area contributed by atoms with Crippen LogP contribution in [0.25, 0.3) is 0 Å². The number of Topliss-reactive ketones (excluding diaryl/α,β-unsaturated/α-hetero) is 1. The lowest BCUT2D eigenvalue weighted by Crippen LogP contribution is -2.27. The zero-order valence-corrected chi connectivity index (χ0v) is 10.1. The van der Waals surface area contributed by atoms with E-state index in [0.717, 1.165) is 19.8 Å². The number of carboxylic acid groups (broad SMARTS) is 1. The largest absolute Gasteiger partial charge is 0.481 e. The predicted octanol–water partition coefficient (Wildman–Crippen LogP) is 2.74. The Morgan fingerprint density at radius 2 is 1.87 bits per heavy atom. The molecule has 0 aromatic carbocycles. The summed E-state index contributed by atoms with van der Waals surface area (Å²) in [5.74, 6) is 1.22.